The Balaban J connectivity index is 1.94. The maximum atomic E-state index is 4.64. The quantitative estimate of drug-likeness (QED) is 0.772. The highest BCUT2D eigenvalue weighted by molar-refractivity contribution is 5.44. The zero-order valence-corrected chi connectivity index (χ0v) is 13.7. The maximum absolute atomic E-state index is 4.64. The summed E-state index contributed by atoms with van der Waals surface area (Å²) in [7, 11) is 0. The summed E-state index contributed by atoms with van der Waals surface area (Å²) in [5.74, 6) is 1.78. The Kier molecular flexibility index (Phi) is 6.03. The fraction of sp³-hybridized carbons (Fsp3) is 0.647. The summed E-state index contributed by atoms with van der Waals surface area (Å²) in [4.78, 5) is 11.4. The molecule has 0 amide bonds. The first kappa shape index (κ1) is 15.8. The van der Waals surface area contributed by atoms with Crippen molar-refractivity contribution in [1.29, 1.82) is 0 Å². The van der Waals surface area contributed by atoms with Crippen LogP contribution >= 0.6 is 0 Å². The van der Waals surface area contributed by atoms with Gasteiger partial charge < -0.3 is 10.2 Å². The third-order valence-electron chi connectivity index (χ3n) is 4.04. The number of nitrogens with zero attached hydrogens (tertiary/aromatic N) is 3. The van der Waals surface area contributed by atoms with Crippen molar-refractivity contribution < 1.29 is 0 Å². The minimum Gasteiger partial charge on any atom is -0.357 e. The topological polar surface area (TPSA) is 41.1 Å². The van der Waals surface area contributed by atoms with Gasteiger partial charge in [0, 0.05) is 31.4 Å². The average molecular weight is 288 g/mol. The Hall–Kier alpha value is -1.58. The second kappa shape index (κ2) is 8.01. The van der Waals surface area contributed by atoms with Gasteiger partial charge in [0.15, 0.2) is 0 Å². The maximum Gasteiger partial charge on any atom is 0.224 e. The molecule has 1 heterocycles. The van der Waals surface area contributed by atoms with Gasteiger partial charge in [-0.3, -0.25) is 0 Å². The molecule has 0 aliphatic heterocycles. The van der Waals surface area contributed by atoms with Gasteiger partial charge in [0.25, 0.3) is 0 Å². The molecule has 1 aromatic heterocycles. The Morgan fingerprint density at radius 3 is 2.67 bits per heavy atom. The van der Waals surface area contributed by atoms with Gasteiger partial charge in [-0.2, -0.15) is 4.98 Å². The van der Waals surface area contributed by atoms with Gasteiger partial charge in [0.1, 0.15) is 5.82 Å². The van der Waals surface area contributed by atoms with Crippen molar-refractivity contribution in [3.05, 3.63) is 23.4 Å². The molecule has 2 rings (SSSR count). The zero-order chi connectivity index (χ0) is 15.1. The van der Waals surface area contributed by atoms with Crippen molar-refractivity contribution >= 4 is 11.8 Å². The van der Waals surface area contributed by atoms with Gasteiger partial charge in [-0.15, -0.1) is 0 Å². The molecule has 0 spiro atoms. The van der Waals surface area contributed by atoms with Crippen molar-refractivity contribution in [2.24, 2.45) is 0 Å². The van der Waals surface area contributed by atoms with Crippen molar-refractivity contribution in [3.8, 4) is 0 Å². The molecule has 0 aromatic carbocycles. The molecule has 0 saturated carbocycles. The van der Waals surface area contributed by atoms with E-state index in [1.165, 1.54) is 25.7 Å². The SMILES string of the molecule is CCN(CC)c1cc(C)nc(NCCC2=CCCCC2)n1. The van der Waals surface area contributed by atoms with Gasteiger partial charge in [0.05, 0.1) is 0 Å². The normalized spacial score (nSPS) is 14.7. The van der Waals surface area contributed by atoms with Crippen LogP contribution in [-0.4, -0.2) is 29.6 Å². The van der Waals surface area contributed by atoms with Crippen LogP contribution in [0.5, 0.6) is 0 Å². The van der Waals surface area contributed by atoms with Crippen molar-refractivity contribution in [1.82, 2.24) is 9.97 Å². The number of allylic oxidation sites excluding steroid dienone is 1. The third-order valence-corrected chi connectivity index (χ3v) is 4.04. The largest absolute Gasteiger partial charge is 0.357 e. The van der Waals surface area contributed by atoms with Gasteiger partial charge in [0.2, 0.25) is 5.95 Å². The van der Waals surface area contributed by atoms with E-state index in [9.17, 15) is 0 Å². The van der Waals surface area contributed by atoms with Gasteiger partial charge in [-0.05, 0) is 52.9 Å². The van der Waals surface area contributed by atoms with Crippen LogP contribution in [0.25, 0.3) is 0 Å². The van der Waals surface area contributed by atoms with Crippen LogP contribution in [-0.2, 0) is 0 Å². The minimum atomic E-state index is 0.758. The fourth-order valence-corrected chi connectivity index (χ4v) is 2.81. The summed E-state index contributed by atoms with van der Waals surface area (Å²) in [6.07, 6.45) is 8.73. The Bertz CT molecular complexity index is 478. The van der Waals surface area contributed by atoms with Crippen molar-refractivity contribution in [3.63, 3.8) is 0 Å². The Morgan fingerprint density at radius 2 is 2.00 bits per heavy atom. The standard InChI is InChI=1S/C17H28N4/c1-4-21(5-2)16-13-14(3)19-17(20-16)18-12-11-15-9-7-6-8-10-15/h9,13H,4-8,10-12H2,1-3H3,(H,18,19,20). The summed E-state index contributed by atoms with van der Waals surface area (Å²) < 4.78 is 0. The lowest BCUT2D eigenvalue weighted by molar-refractivity contribution is 0.679. The highest BCUT2D eigenvalue weighted by atomic mass is 15.2. The van der Waals surface area contributed by atoms with E-state index >= 15 is 0 Å². The highest BCUT2D eigenvalue weighted by Gasteiger charge is 2.08. The molecule has 1 aliphatic rings. The van der Waals surface area contributed by atoms with Crippen molar-refractivity contribution in [2.45, 2.75) is 52.9 Å². The number of hydrogen-bond acceptors (Lipinski definition) is 4. The van der Waals surface area contributed by atoms with E-state index in [1.807, 2.05) is 6.92 Å². The molecule has 1 N–H and O–H groups in total. The first-order valence-electron chi connectivity index (χ1n) is 8.25. The average Bonchev–Trinajstić information content (AvgIpc) is 2.49. The molecule has 0 saturated heterocycles. The summed E-state index contributed by atoms with van der Waals surface area (Å²) >= 11 is 0. The summed E-state index contributed by atoms with van der Waals surface area (Å²) in [6, 6.07) is 2.06. The van der Waals surface area contributed by atoms with Crippen LogP contribution in [0.2, 0.25) is 0 Å². The Morgan fingerprint density at radius 1 is 1.19 bits per heavy atom. The first-order valence-corrected chi connectivity index (χ1v) is 8.25. The smallest absolute Gasteiger partial charge is 0.224 e. The van der Waals surface area contributed by atoms with Crippen LogP contribution in [0, 0.1) is 6.92 Å². The van der Waals surface area contributed by atoms with Crippen LogP contribution in [0.4, 0.5) is 11.8 Å². The van der Waals surface area contributed by atoms with Crippen LogP contribution in [0.15, 0.2) is 17.7 Å². The molecule has 0 atom stereocenters. The van der Waals surface area contributed by atoms with Crippen LogP contribution in [0.3, 0.4) is 0 Å². The molecule has 0 unspecified atom stereocenters. The fourth-order valence-electron chi connectivity index (χ4n) is 2.81. The molecule has 116 valence electrons. The molecule has 4 heteroatoms. The summed E-state index contributed by atoms with van der Waals surface area (Å²) in [5.41, 5.74) is 2.61. The van der Waals surface area contributed by atoms with Crippen molar-refractivity contribution in [2.75, 3.05) is 29.9 Å². The molecule has 0 bridgehead atoms. The molecule has 21 heavy (non-hydrogen) atoms. The number of aryl methyl sites for hydroxylation is 1. The minimum absolute atomic E-state index is 0.758. The molecular weight excluding hydrogens is 260 g/mol. The first-order chi connectivity index (χ1) is 10.2. The molecule has 4 nitrogen and oxygen atoms in total. The number of hydrogen-bond donors (Lipinski definition) is 1. The van der Waals surface area contributed by atoms with E-state index in [4.69, 9.17) is 0 Å². The zero-order valence-electron chi connectivity index (χ0n) is 13.7. The van der Waals surface area contributed by atoms with Gasteiger partial charge in [-0.1, -0.05) is 11.6 Å². The molecular formula is C17H28N4. The van der Waals surface area contributed by atoms with Gasteiger partial charge >= 0.3 is 0 Å². The van der Waals surface area contributed by atoms with E-state index in [2.05, 4.69) is 46.2 Å². The highest BCUT2D eigenvalue weighted by Crippen LogP contribution is 2.20. The number of nitrogens with one attached hydrogen (secondary N) is 1. The number of aromatic nitrogens is 2. The third kappa shape index (κ3) is 4.73. The van der Waals surface area contributed by atoms with E-state index in [-0.39, 0.29) is 0 Å². The van der Waals surface area contributed by atoms with Gasteiger partial charge in [-0.25, -0.2) is 4.98 Å². The van der Waals surface area contributed by atoms with E-state index in [0.717, 1.165) is 43.5 Å². The molecule has 0 radical (unpaired) electrons. The molecule has 1 aromatic rings. The van der Waals surface area contributed by atoms with Crippen LogP contribution < -0.4 is 10.2 Å². The lowest BCUT2D eigenvalue weighted by atomic mass is 9.97. The molecule has 0 fully saturated rings. The summed E-state index contributed by atoms with van der Waals surface area (Å²) in [6.45, 7) is 9.21. The number of rotatable bonds is 7. The van der Waals surface area contributed by atoms with E-state index in [0.29, 0.717) is 0 Å². The van der Waals surface area contributed by atoms with E-state index < -0.39 is 0 Å². The monoisotopic (exact) mass is 288 g/mol. The lowest BCUT2D eigenvalue weighted by Crippen LogP contribution is -2.23. The van der Waals surface area contributed by atoms with E-state index in [1.54, 1.807) is 5.57 Å². The second-order valence-electron chi connectivity index (χ2n) is 5.65. The Labute approximate surface area is 128 Å². The number of anilines is 2. The second-order valence-corrected chi connectivity index (χ2v) is 5.65. The lowest BCUT2D eigenvalue weighted by Gasteiger charge is -2.20. The summed E-state index contributed by atoms with van der Waals surface area (Å²) in [5, 5.41) is 3.39. The van der Waals surface area contributed by atoms with Crippen LogP contribution in [0.1, 0.15) is 51.6 Å². The predicted octanol–water partition coefficient (Wildman–Crippen LogP) is 3.93. The predicted molar refractivity (Wildman–Crippen MR) is 90.0 cm³/mol. The molecule has 1 aliphatic carbocycles.